The molecule has 2 aromatic carbocycles. The van der Waals surface area contributed by atoms with Crippen LogP contribution in [0.15, 0.2) is 59.8 Å². The highest BCUT2D eigenvalue weighted by Gasteiger charge is 2.32. The Hall–Kier alpha value is -2.67. The molecule has 29 heavy (non-hydrogen) atoms. The first-order chi connectivity index (χ1) is 14.0. The Balaban J connectivity index is 1.52. The van der Waals surface area contributed by atoms with Gasteiger partial charge in [-0.2, -0.15) is 0 Å². The molecule has 1 heterocycles. The number of amides is 1. The average Bonchev–Trinajstić information content (AvgIpc) is 3.49. The number of hydrogen-bond donors (Lipinski definition) is 0. The summed E-state index contributed by atoms with van der Waals surface area (Å²) in [5.41, 5.74) is 1.53. The Morgan fingerprint density at radius 2 is 1.86 bits per heavy atom. The smallest absolute Gasteiger partial charge is 0.235 e. The van der Waals surface area contributed by atoms with Crippen molar-refractivity contribution in [2.24, 2.45) is 0 Å². The normalized spacial score (nSPS) is 14.6. The molecule has 0 radical (unpaired) electrons. The molecule has 1 saturated carbocycles. The molecule has 1 amide bonds. The number of thioether (sulfide) groups is 1. The molecule has 1 aromatic heterocycles. The van der Waals surface area contributed by atoms with Crippen LogP contribution < -0.4 is 0 Å². The number of carbonyl (C=O) groups is 1. The van der Waals surface area contributed by atoms with E-state index in [0.29, 0.717) is 23.1 Å². The zero-order valence-corrected chi connectivity index (χ0v) is 17.3. The second-order valence-corrected chi connectivity index (χ2v) is 8.64. The van der Waals surface area contributed by atoms with E-state index in [1.54, 1.807) is 23.1 Å². The summed E-state index contributed by atoms with van der Waals surface area (Å²) in [6, 6.07) is 16.8. The van der Waals surface area contributed by atoms with Gasteiger partial charge in [0.2, 0.25) is 5.91 Å². The fourth-order valence-electron chi connectivity index (χ4n) is 3.30. The number of nitrogens with zero attached hydrogens (tertiary/aromatic N) is 4. The minimum Gasteiger partial charge on any atom is -0.340 e. The van der Waals surface area contributed by atoms with E-state index in [0.717, 1.165) is 18.4 Å². The second kappa shape index (κ2) is 8.37. The van der Waals surface area contributed by atoms with Crippen LogP contribution in [0.4, 0.5) is 4.39 Å². The maximum absolute atomic E-state index is 14.3. The Kier molecular flexibility index (Phi) is 5.67. The van der Waals surface area contributed by atoms with Crippen LogP contribution in [0.1, 0.15) is 31.4 Å². The van der Waals surface area contributed by atoms with E-state index in [2.05, 4.69) is 10.2 Å². The van der Waals surface area contributed by atoms with Gasteiger partial charge in [-0.1, -0.05) is 54.2 Å². The highest BCUT2D eigenvalue weighted by Crippen LogP contribution is 2.42. The van der Waals surface area contributed by atoms with Crippen LogP contribution in [0.25, 0.3) is 11.4 Å². The van der Waals surface area contributed by atoms with Gasteiger partial charge in [0.25, 0.3) is 0 Å². The van der Waals surface area contributed by atoms with Crippen molar-refractivity contribution < 1.29 is 9.18 Å². The van der Waals surface area contributed by atoms with Crippen molar-refractivity contribution in [1.29, 1.82) is 0 Å². The highest BCUT2D eigenvalue weighted by atomic mass is 32.2. The first-order valence-electron chi connectivity index (χ1n) is 9.70. The van der Waals surface area contributed by atoms with E-state index >= 15 is 0 Å². The van der Waals surface area contributed by atoms with Crippen LogP contribution in [-0.4, -0.2) is 37.9 Å². The maximum atomic E-state index is 14.3. The zero-order valence-electron chi connectivity index (χ0n) is 16.5. The standard InChI is InChI=1S/C22H23FN4OS/c1-15(21(28)26(2)14-16-8-4-3-5-9-16)29-22-25-24-20(27(22)17-12-13-17)18-10-6-7-11-19(18)23/h3-11,15,17H,12-14H2,1-2H3. The number of rotatable bonds is 7. The van der Waals surface area contributed by atoms with Crippen LogP contribution in [0.5, 0.6) is 0 Å². The number of aromatic nitrogens is 3. The van der Waals surface area contributed by atoms with Gasteiger partial charge >= 0.3 is 0 Å². The lowest BCUT2D eigenvalue weighted by molar-refractivity contribution is -0.129. The summed E-state index contributed by atoms with van der Waals surface area (Å²) in [6.45, 7) is 2.43. The molecule has 0 bridgehead atoms. The van der Waals surface area contributed by atoms with Gasteiger partial charge in [0, 0.05) is 19.6 Å². The van der Waals surface area contributed by atoms with Crippen molar-refractivity contribution in [2.45, 2.75) is 42.8 Å². The van der Waals surface area contributed by atoms with Gasteiger partial charge < -0.3 is 4.90 Å². The lowest BCUT2D eigenvalue weighted by atomic mass is 10.2. The Bertz CT molecular complexity index is 1000. The molecule has 4 rings (SSSR count). The van der Waals surface area contributed by atoms with Crippen molar-refractivity contribution in [2.75, 3.05) is 7.05 Å². The van der Waals surface area contributed by atoms with E-state index in [4.69, 9.17) is 0 Å². The summed E-state index contributed by atoms with van der Waals surface area (Å²) in [4.78, 5) is 14.6. The van der Waals surface area contributed by atoms with Crippen LogP contribution >= 0.6 is 11.8 Å². The topological polar surface area (TPSA) is 51.0 Å². The van der Waals surface area contributed by atoms with Gasteiger partial charge in [-0.05, 0) is 37.5 Å². The Morgan fingerprint density at radius 1 is 1.17 bits per heavy atom. The van der Waals surface area contributed by atoms with Gasteiger partial charge in [0.15, 0.2) is 11.0 Å². The summed E-state index contributed by atoms with van der Waals surface area (Å²) < 4.78 is 16.3. The summed E-state index contributed by atoms with van der Waals surface area (Å²) >= 11 is 1.38. The molecule has 150 valence electrons. The van der Waals surface area contributed by atoms with Gasteiger partial charge in [-0.3, -0.25) is 9.36 Å². The minimum atomic E-state index is -0.320. The number of hydrogen-bond acceptors (Lipinski definition) is 4. The van der Waals surface area contributed by atoms with Crippen LogP contribution in [0.2, 0.25) is 0 Å². The molecule has 0 spiro atoms. The van der Waals surface area contributed by atoms with Gasteiger partial charge in [0.05, 0.1) is 10.8 Å². The van der Waals surface area contributed by atoms with Crippen molar-refractivity contribution in [3.05, 3.63) is 66.0 Å². The molecule has 0 saturated heterocycles. The Labute approximate surface area is 173 Å². The summed E-state index contributed by atoms with van der Waals surface area (Å²) in [5.74, 6) is 0.243. The second-order valence-electron chi connectivity index (χ2n) is 7.33. The number of carbonyl (C=O) groups excluding carboxylic acids is 1. The molecule has 1 aliphatic carbocycles. The fraction of sp³-hybridized carbons (Fsp3) is 0.318. The van der Waals surface area contributed by atoms with E-state index < -0.39 is 0 Å². The molecule has 5 nitrogen and oxygen atoms in total. The summed E-state index contributed by atoms with van der Waals surface area (Å²) in [6.07, 6.45) is 2.03. The largest absolute Gasteiger partial charge is 0.340 e. The number of benzene rings is 2. The lowest BCUT2D eigenvalue weighted by Gasteiger charge is -2.21. The lowest BCUT2D eigenvalue weighted by Crippen LogP contribution is -2.33. The molecule has 3 aromatic rings. The summed E-state index contributed by atoms with van der Waals surface area (Å²) in [5, 5.41) is 8.91. The maximum Gasteiger partial charge on any atom is 0.235 e. The molecule has 1 aliphatic rings. The quantitative estimate of drug-likeness (QED) is 0.536. The highest BCUT2D eigenvalue weighted by molar-refractivity contribution is 8.00. The van der Waals surface area contributed by atoms with Gasteiger partial charge in [-0.25, -0.2) is 4.39 Å². The predicted octanol–water partition coefficient (Wildman–Crippen LogP) is 4.56. The third-order valence-corrected chi connectivity index (χ3v) is 6.00. The molecular formula is C22H23FN4OS. The molecule has 1 fully saturated rings. The van der Waals surface area contributed by atoms with E-state index in [1.165, 1.54) is 17.8 Å². The molecule has 0 aliphatic heterocycles. The van der Waals surface area contributed by atoms with Crippen LogP contribution in [-0.2, 0) is 11.3 Å². The molecular weight excluding hydrogens is 387 g/mol. The van der Waals surface area contributed by atoms with Crippen LogP contribution in [0.3, 0.4) is 0 Å². The van der Waals surface area contributed by atoms with Crippen molar-refractivity contribution in [3.8, 4) is 11.4 Å². The molecule has 1 unspecified atom stereocenters. The third-order valence-electron chi connectivity index (χ3n) is 4.96. The molecule has 0 N–H and O–H groups in total. The van der Waals surface area contributed by atoms with Crippen molar-refractivity contribution >= 4 is 17.7 Å². The van der Waals surface area contributed by atoms with Crippen LogP contribution in [0, 0.1) is 5.82 Å². The van der Waals surface area contributed by atoms with Gasteiger partial charge in [0.1, 0.15) is 5.82 Å². The SMILES string of the molecule is CC(Sc1nnc(-c2ccccc2F)n1C1CC1)C(=O)N(C)Cc1ccccc1. The molecule has 7 heteroatoms. The monoisotopic (exact) mass is 410 g/mol. The van der Waals surface area contributed by atoms with Crippen molar-refractivity contribution in [3.63, 3.8) is 0 Å². The molecule has 1 atom stereocenters. The van der Waals surface area contributed by atoms with Gasteiger partial charge in [-0.15, -0.1) is 10.2 Å². The van der Waals surface area contributed by atoms with E-state index in [1.807, 2.05) is 48.9 Å². The Morgan fingerprint density at radius 3 is 2.55 bits per heavy atom. The first kappa shape index (κ1) is 19.6. The summed E-state index contributed by atoms with van der Waals surface area (Å²) in [7, 11) is 1.81. The fourth-order valence-corrected chi connectivity index (χ4v) is 4.33. The first-order valence-corrected chi connectivity index (χ1v) is 10.6. The van der Waals surface area contributed by atoms with E-state index in [9.17, 15) is 9.18 Å². The van der Waals surface area contributed by atoms with E-state index in [-0.39, 0.29) is 23.0 Å². The third kappa shape index (κ3) is 4.34. The number of halogens is 1. The average molecular weight is 411 g/mol. The minimum absolute atomic E-state index is 0.0247. The zero-order chi connectivity index (χ0) is 20.4. The van der Waals surface area contributed by atoms with Crippen molar-refractivity contribution in [1.82, 2.24) is 19.7 Å². The predicted molar refractivity (Wildman–Crippen MR) is 112 cm³/mol.